The van der Waals surface area contributed by atoms with E-state index in [0.717, 1.165) is 25.9 Å². The second-order valence-electron chi connectivity index (χ2n) is 4.69. The number of para-hydroxylation sites is 1. The summed E-state index contributed by atoms with van der Waals surface area (Å²) in [6.07, 6.45) is 1.44. The number of carbonyl (C=O) groups is 1. The lowest BCUT2D eigenvalue weighted by molar-refractivity contribution is -0.149. The Labute approximate surface area is 95.7 Å². The van der Waals surface area contributed by atoms with E-state index in [9.17, 15) is 4.79 Å². The Morgan fingerprint density at radius 2 is 1.81 bits per heavy atom. The molecule has 1 aliphatic heterocycles. The molecule has 1 N–H and O–H groups in total. The zero-order chi connectivity index (χ0) is 11.6. The molecular weight excluding hydrogens is 202 g/mol. The molecule has 0 saturated carbocycles. The quantitative estimate of drug-likeness (QED) is 0.830. The van der Waals surface area contributed by atoms with Gasteiger partial charge >= 0.3 is 5.97 Å². The third-order valence-corrected chi connectivity index (χ3v) is 3.50. The predicted molar refractivity (Wildman–Crippen MR) is 63.6 cm³/mol. The van der Waals surface area contributed by atoms with E-state index in [2.05, 4.69) is 17.0 Å². The van der Waals surface area contributed by atoms with Gasteiger partial charge in [0.25, 0.3) is 0 Å². The van der Waals surface area contributed by atoms with Gasteiger partial charge < -0.3 is 10.0 Å². The van der Waals surface area contributed by atoms with Crippen LogP contribution in [0.1, 0.15) is 19.8 Å². The number of rotatable bonds is 2. The van der Waals surface area contributed by atoms with Crippen LogP contribution < -0.4 is 4.90 Å². The SMILES string of the molecule is CC1(C(=O)O)CCN(c2ccccc2)CC1. The van der Waals surface area contributed by atoms with Gasteiger partial charge in [-0.2, -0.15) is 0 Å². The number of piperidine rings is 1. The van der Waals surface area contributed by atoms with Crippen molar-refractivity contribution in [2.75, 3.05) is 18.0 Å². The van der Waals surface area contributed by atoms with E-state index in [1.165, 1.54) is 5.69 Å². The summed E-state index contributed by atoms with van der Waals surface area (Å²) in [6.45, 7) is 3.50. The molecule has 1 aromatic rings. The Balaban J connectivity index is 2.03. The third-order valence-electron chi connectivity index (χ3n) is 3.50. The molecule has 1 aromatic carbocycles. The summed E-state index contributed by atoms with van der Waals surface area (Å²) in [5, 5.41) is 9.14. The molecule has 1 fully saturated rings. The summed E-state index contributed by atoms with van der Waals surface area (Å²) in [5.74, 6) is -0.666. The van der Waals surface area contributed by atoms with Crippen molar-refractivity contribution in [3.63, 3.8) is 0 Å². The molecule has 0 bridgehead atoms. The maximum Gasteiger partial charge on any atom is 0.309 e. The molecular formula is C13H17NO2. The second-order valence-corrected chi connectivity index (χ2v) is 4.69. The predicted octanol–water partition coefficient (Wildman–Crippen LogP) is 2.38. The molecule has 0 aliphatic carbocycles. The number of hydrogen-bond donors (Lipinski definition) is 1. The van der Waals surface area contributed by atoms with E-state index in [4.69, 9.17) is 5.11 Å². The Morgan fingerprint density at radius 3 is 2.31 bits per heavy atom. The van der Waals surface area contributed by atoms with Gasteiger partial charge in [-0.3, -0.25) is 4.79 Å². The minimum Gasteiger partial charge on any atom is -0.481 e. The van der Waals surface area contributed by atoms with Gasteiger partial charge in [-0.05, 0) is 31.9 Å². The molecule has 86 valence electrons. The highest BCUT2D eigenvalue weighted by Crippen LogP contribution is 2.32. The molecule has 2 rings (SSSR count). The van der Waals surface area contributed by atoms with Gasteiger partial charge in [-0.15, -0.1) is 0 Å². The van der Waals surface area contributed by atoms with Crippen LogP contribution in [0.2, 0.25) is 0 Å². The minimum atomic E-state index is -0.666. The van der Waals surface area contributed by atoms with Gasteiger partial charge in [-0.25, -0.2) is 0 Å². The molecule has 16 heavy (non-hydrogen) atoms. The van der Waals surface area contributed by atoms with E-state index < -0.39 is 11.4 Å². The lowest BCUT2D eigenvalue weighted by Crippen LogP contribution is -2.42. The van der Waals surface area contributed by atoms with Crippen molar-refractivity contribution in [1.82, 2.24) is 0 Å². The van der Waals surface area contributed by atoms with E-state index in [1.807, 2.05) is 25.1 Å². The number of carboxylic acids is 1. The zero-order valence-electron chi connectivity index (χ0n) is 9.52. The number of nitrogens with zero attached hydrogens (tertiary/aromatic N) is 1. The van der Waals surface area contributed by atoms with Crippen LogP contribution in [-0.2, 0) is 4.79 Å². The van der Waals surface area contributed by atoms with Crippen molar-refractivity contribution in [2.45, 2.75) is 19.8 Å². The molecule has 3 nitrogen and oxygen atoms in total. The molecule has 0 spiro atoms. The smallest absolute Gasteiger partial charge is 0.309 e. The van der Waals surface area contributed by atoms with Gasteiger partial charge in [0.1, 0.15) is 0 Å². The fraction of sp³-hybridized carbons (Fsp3) is 0.462. The van der Waals surface area contributed by atoms with Crippen molar-refractivity contribution < 1.29 is 9.90 Å². The lowest BCUT2D eigenvalue weighted by Gasteiger charge is -2.37. The molecule has 1 saturated heterocycles. The van der Waals surface area contributed by atoms with Gasteiger partial charge in [0, 0.05) is 18.8 Å². The van der Waals surface area contributed by atoms with Crippen LogP contribution in [0, 0.1) is 5.41 Å². The summed E-state index contributed by atoms with van der Waals surface area (Å²) in [4.78, 5) is 13.4. The van der Waals surface area contributed by atoms with Gasteiger partial charge in [0.2, 0.25) is 0 Å². The maximum atomic E-state index is 11.1. The highest BCUT2D eigenvalue weighted by atomic mass is 16.4. The van der Waals surface area contributed by atoms with E-state index in [0.29, 0.717) is 0 Å². The Hall–Kier alpha value is -1.51. The van der Waals surface area contributed by atoms with Crippen LogP contribution in [0.15, 0.2) is 30.3 Å². The molecule has 0 radical (unpaired) electrons. The van der Waals surface area contributed by atoms with Crippen molar-refractivity contribution in [1.29, 1.82) is 0 Å². The molecule has 1 heterocycles. The van der Waals surface area contributed by atoms with Crippen LogP contribution in [-0.4, -0.2) is 24.2 Å². The number of anilines is 1. The minimum absolute atomic E-state index is 0.536. The Kier molecular flexibility index (Phi) is 2.86. The van der Waals surface area contributed by atoms with Gasteiger partial charge in [-0.1, -0.05) is 18.2 Å². The van der Waals surface area contributed by atoms with Crippen molar-refractivity contribution in [2.24, 2.45) is 5.41 Å². The summed E-state index contributed by atoms with van der Waals surface area (Å²) >= 11 is 0. The number of hydrogen-bond acceptors (Lipinski definition) is 2. The van der Waals surface area contributed by atoms with Crippen molar-refractivity contribution in [3.8, 4) is 0 Å². The number of aliphatic carboxylic acids is 1. The average molecular weight is 219 g/mol. The van der Waals surface area contributed by atoms with E-state index >= 15 is 0 Å². The van der Waals surface area contributed by atoms with Gasteiger partial charge in [0.15, 0.2) is 0 Å². The monoisotopic (exact) mass is 219 g/mol. The normalized spacial score (nSPS) is 19.4. The van der Waals surface area contributed by atoms with Crippen LogP contribution in [0.3, 0.4) is 0 Å². The molecule has 1 aliphatic rings. The highest BCUT2D eigenvalue weighted by Gasteiger charge is 2.36. The average Bonchev–Trinajstić information content (AvgIpc) is 2.31. The fourth-order valence-electron chi connectivity index (χ4n) is 2.11. The Morgan fingerprint density at radius 1 is 1.25 bits per heavy atom. The largest absolute Gasteiger partial charge is 0.481 e. The van der Waals surface area contributed by atoms with E-state index in [1.54, 1.807) is 0 Å². The molecule has 0 aromatic heterocycles. The fourth-order valence-corrected chi connectivity index (χ4v) is 2.11. The van der Waals surface area contributed by atoms with Crippen LogP contribution >= 0.6 is 0 Å². The van der Waals surface area contributed by atoms with Crippen molar-refractivity contribution >= 4 is 11.7 Å². The first-order valence-corrected chi connectivity index (χ1v) is 5.65. The standard InChI is InChI=1S/C13H17NO2/c1-13(12(15)16)7-9-14(10-8-13)11-5-3-2-4-6-11/h2-6H,7-10H2,1H3,(H,15,16). The highest BCUT2D eigenvalue weighted by molar-refractivity contribution is 5.74. The summed E-state index contributed by atoms with van der Waals surface area (Å²) < 4.78 is 0. The van der Waals surface area contributed by atoms with Crippen LogP contribution in [0.5, 0.6) is 0 Å². The molecule has 0 amide bonds. The zero-order valence-corrected chi connectivity index (χ0v) is 9.52. The summed E-state index contributed by atoms with van der Waals surface area (Å²) in [6, 6.07) is 10.2. The third kappa shape index (κ3) is 2.03. The van der Waals surface area contributed by atoms with E-state index in [-0.39, 0.29) is 0 Å². The lowest BCUT2D eigenvalue weighted by atomic mass is 9.80. The number of benzene rings is 1. The number of carboxylic acid groups (broad SMARTS) is 1. The van der Waals surface area contributed by atoms with Crippen LogP contribution in [0.4, 0.5) is 5.69 Å². The topological polar surface area (TPSA) is 40.5 Å². The first-order valence-electron chi connectivity index (χ1n) is 5.65. The summed E-state index contributed by atoms with van der Waals surface area (Å²) in [7, 11) is 0. The molecule has 3 heteroatoms. The van der Waals surface area contributed by atoms with Crippen LogP contribution in [0.25, 0.3) is 0 Å². The Bertz CT molecular complexity index is 367. The molecule has 0 atom stereocenters. The summed E-state index contributed by atoms with van der Waals surface area (Å²) in [5.41, 5.74) is 0.653. The van der Waals surface area contributed by atoms with Crippen molar-refractivity contribution in [3.05, 3.63) is 30.3 Å². The second kappa shape index (κ2) is 4.16. The first-order chi connectivity index (χ1) is 7.62. The first kappa shape index (κ1) is 11.0. The van der Waals surface area contributed by atoms with Gasteiger partial charge in [0.05, 0.1) is 5.41 Å². The maximum absolute atomic E-state index is 11.1. The molecule has 0 unspecified atom stereocenters.